The van der Waals surface area contributed by atoms with Crippen LogP contribution in [0.1, 0.15) is 5.56 Å². The number of halogens is 1. The molecule has 0 N–H and O–H groups in total. The van der Waals surface area contributed by atoms with Crippen LogP contribution in [0.15, 0.2) is 54.6 Å². The van der Waals surface area contributed by atoms with Crippen LogP contribution in [-0.4, -0.2) is 0 Å². The highest BCUT2D eigenvalue weighted by molar-refractivity contribution is 7.46. The molecule has 1 unspecified atom stereocenters. The largest absolute Gasteiger partial charge is 0.0859 e. The summed E-state index contributed by atoms with van der Waals surface area (Å²) in [4.78, 5) is 0. The van der Waals surface area contributed by atoms with Crippen molar-refractivity contribution in [1.82, 2.24) is 0 Å². The lowest BCUT2D eigenvalue weighted by Gasteiger charge is -2.02. The van der Waals surface area contributed by atoms with Crippen molar-refractivity contribution in [3.05, 3.63) is 65.2 Å². The molecular formula is C13H12ClP. The fraction of sp³-hybridized carbons (Fsp3) is 0.0769. The van der Waals surface area contributed by atoms with E-state index in [-0.39, 0.29) is 0 Å². The van der Waals surface area contributed by atoms with Crippen LogP contribution in [0.5, 0.6) is 0 Å². The van der Waals surface area contributed by atoms with E-state index in [0.717, 1.165) is 19.8 Å². The van der Waals surface area contributed by atoms with Gasteiger partial charge in [0.25, 0.3) is 0 Å². The van der Waals surface area contributed by atoms with Crippen LogP contribution >= 0.6 is 20.2 Å². The van der Waals surface area contributed by atoms with E-state index in [1.54, 1.807) is 0 Å². The van der Waals surface area contributed by atoms with Crippen LogP contribution in [-0.2, 0) is 6.16 Å². The predicted molar refractivity (Wildman–Crippen MR) is 69.5 cm³/mol. The fourth-order valence-corrected chi connectivity index (χ4v) is 2.56. The Balaban J connectivity index is 1.96. The summed E-state index contributed by atoms with van der Waals surface area (Å²) in [7, 11) is 0.836. The molecule has 0 nitrogen and oxygen atoms in total. The Morgan fingerprint density at radius 1 is 0.867 bits per heavy atom. The van der Waals surface area contributed by atoms with Gasteiger partial charge in [-0.2, -0.15) is 0 Å². The lowest BCUT2D eigenvalue weighted by atomic mass is 10.2. The van der Waals surface area contributed by atoms with Gasteiger partial charge in [-0.3, -0.25) is 0 Å². The molecule has 1 atom stereocenters. The normalized spacial score (nSPS) is 11.0. The smallest absolute Gasteiger partial charge is 0.0406 e. The molecule has 2 rings (SSSR count). The molecule has 0 amide bonds. The summed E-state index contributed by atoms with van der Waals surface area (Å²) in [6.45, 7) is 0. The first-order valence-corrected chi connectivity index (χ1v) is 6.46. The summed E-state index contributed by atoms with van der Waals surface area (Å²) in [5.74, 6) is 0. The highest BCUT2D eigenvalue weighted by Gasteiger charge is 1.94. The molecular weight excluding hydrogens is 223 g/mol. The average Bonchev–Trinajstić information content (AvgIpc) is 2.30. The van der Waals surface area contributed by atoms with Gasteiger partial charge >= 0.3 is 0 Å². The van der Waals surface area contributed by atoms with Crippen LogP contribution in [0, 0.1) is 0 Å². The Labute approximate surface area is 97.1 Å². The third-order valence-electron chi connectivity index (χ3n) is 2.18. The Morgan fingerprint density at radius 3 is 2.20 bits per heavy atom. The minimum Gasteiger partial charge on any atom is -0.0859 e. The van der Waals surface area contributed by atoms with Crippen molar-refractivity contribution in [2.24, 2.45) is 0 Å². The van der Waals surface area contributed by atoms with Gasteiger partial charge in [-0.1, -0.05) is 62.6 Å². The van der Waals surface area contributed by atoms with Crippen molar-refractivity contribution in [1.29, 1.82) is 0 Å². The molecule has 0 aliphatic heterocycles. The third-order valence-corrected chi connectivity index (χ3v) is 3.76. The zero-order valence-corrected chi connectivity index (χ0v) is 10.0. The molecule has 0 saturated heterocycles. The summed E-state index contributed by atoms with van der Waals surface area (Å²) >= 11 is 5.83. The van der Waals surface area contributed by atoms with Gasteiger partial charge < -0.3 is 0 Å². The molecule has 0 aromatic heterocycles. The number of hydrogen-bond donors (Lipinski definition) is 0. The van der Waals surface area contributed by atoms with E-state index in [2.05, 4.69) is 42.5 Å². The van der Waals surface area contributed by atoms with Gasteiger partial charge in [0.2, 0.25) is 0 Å². The van der Waals surface area contributed by atoms with Crippen molar-refractivity contribution >= 4 is 25.5 Å². The van der Waals surface area contributed by atoms with Gasteiger partial charge in [-0.15, -0.1) is 0 Å². The van der Waals surface area contributed by atoms with Crippen LogP contribution in [0.2, 0.25) is 5.02 Å². The van der Waals surface area contributed by atoms with Gasteiger partial charge in [0.05, 0.1) is 0 Å². The first-order chi connectivity index (χ1) is 7.34. The molecule has 0 radical (unpaired) electrons. The topological polar surface area (TPSA) is 0 Å². The highest BCUT2D eigenvalue weighted by Crippen LogP contribution is 2.19. The van der Waals surface area contributed by atoms with Crippen LogP contribution in [0.3, 0.4) is 0 Å². The van der Waals surface area contributed by atoms with E-state index in [0.29, 0.717) is 0 Å². The zero-order chi connectivity index (χ0) is 10.5. The summed E-state index contributed by atoms with van der Waals surface area (Å²) in [5, 5.41) is 2.22. The molecule has 0 heterocycles. The highest BCUT2D eigenvalue weighted by atomic mass is 35.5. The quantitative estimate of drug-likeness (QED) is 0.708. The third kappa shape index (κ3) is 3.34. The Kier molecular flexibility index (Phi) is 3.77. The van der Waals surface area contributed by atoms with E-state index < -0.39 is 0 Å². The van der Waals surface area contributed by atoms with E-state index in [9.17, 15) is 0 Å². The zero-order valence-electron chi connectivity index (χ0n) is 8.28. The number of benzene rings is 2. The van der Waals surface area contributed by atoms with Gasteiger partial charge in [0, 0.05) is 5.02 Å². The number of hydrogen-bond acceptors (Lipinski definition) is 0. The lowest BCUT2D eigenvalue weighted by molar-refractivity contribution is 1.41. The van der Waals surface area contributed by atoms with Gasteiger partial charge in [0.1, 0.15) is 0 Å². The second kappa shape index (κ2) is 5.30. The van der Waals surface area contributed by atoms with Gasteiger partial charge in [-0.05, 0) is 29.2 Å². The lowest BCUT2D eigenvalue weighted by Crippen LogP contribution is -1.92. The van der Waals surface area contributed by atoms with Crippen LogP contribution in [0.25, 0.3) is 0 Å². The Bertz CT molecular complexity index is 408. The van der Waals surface area contributed by atoms with Gasteiger partial charge in [0.15, 0.2) is 0 Å². The fourth-order valence-electron chi connectivity index (χ4n) is 1.36. The molecule has 2 aromatic carbocycles. The van der Waals surface area contributed by atoms with Gasteiger partial charge in [-0.25, -0.2) is 0 Å². The van der Waals surface area contributed by atoms with Crippen LogP contribution in [0.4, 0.5) is 0 Å². The maximum atomic E-state index is 5.83. The standard InChI is InChI=1S/C13H12ClP/c14-12-8-6-11(7-9-12)10-15-13-4-2-1-3-5-13/h1-9,15H,10H2. The number of rotatable bonds is 3. The summed E-state index contributed by atoms with van der Waals surface area (Å²) in [6, 6.07) is 18.7. The first-order valence-electron chi connectivity index (χ1n) is 4.88. The van der Waals surface area contributed by atoms with E-state index >= 15 is 0 Å². The average molecular weight is 235 g/mol. The van der Waals surface area contributed by atoms with E-state index in [1.165, 1.54) is 10.9 Å². The molecule has 0 saturated carbocycles. The van der Waals surface area contributed by atoms with Crippen molar-refractivity contribution in [2.75, 3.05) is 0 Å². The molecule has 2 aromatic rings. The van der Waals surface area contributed by atoms with E-state index in [1.807, 2.05) is 12.1 Å². The Morgan fingerprint density at radius 2 is 1.53 bits per heavy atom. The predicted octanol–water partition coefficient (Wildman–Crippen LogP) is 3.84. The Hall–Kier alpha value is -0.840. The van der Waals surface area contributed by atoms with Crippen LogP contribution < -0.4 is 5.30 Å². The molecule has 15 heavy (non-hydrogen) atoms. The molecule has 2 heteroatoms. The minimum atomic E-state index is 0.807. The first kappa shape index (κ1) is 10.7. The van der Waals surface area contributed by atoms with Crippen molar-refractivity contribution in [3.8, 4) is 0 Å². The molecule has 76 valence electrons. The minimum absolute atomic E-state index is 0.807. The summed E-state index contributed by atoms with van der Waals surface area (Å²) in [6.07, 6.45) is 1.10. The van der Waals surface area contributed by atoms with Crippen molar-refractivity contribution in [3.63, 3.8) is 0 Å². The second-order valence-corrected chi connectivity index (χ2v) is 5.07. The van der Waals surface area contributed by atoms with Crippen molar-refractivity contribution < 1.29 is 0 Å². The maximum absolute atomic E-state index is 5.83. The maximum Gasteiger partial charge on any atom is 0.0406 e. The molecule has 0 fully saturated rings. The second-order valence-electron chi connectivity index (χ2n) is 3.35. The molecule has 0 aliphatic rings. The molecule has 0 bridgehead atoms. The molecule has 0 spiro atoms. The van der Waals surface area contributed by atoms with E-state index in [4.69, 9.17) is 11.6 Å². The summed E-state index contributed by atoms with van der Waals surface area (Å²) in [5.41, 5.74) is 1.35. The SMILES string of the molecule is Clc1ccc(CPc2ccccc2)cc1. The van der Waals surface area contributed by atoms with Crippen molar-refractivity contribution in [2.45, 2.75) is 6.16 Å². The summed E-state index contributed by atoms with van der Waals surface area (Å²) < 4.78 is 0. The monoisotopic (exact) mass is 234 g/mol. The molecule has 0 aliphatic carbocycles.